The summed E-state index contributed by atoms with van der Waals surface area (Å²) in [6, 6.07) is 7.47. The number of carbonyl (C=O) groups is 1. The van der Waals surface area contributed by atoms with E-state index in [0.717, 1.165) is 38.3 Å². The largest absolute Gasteiger partial charge is 0.493 e. The van der Waals surface area contributed by atoms with Crippen LogP contribution in [0.25, 0.3) is 0 Å². The summed E-state index contributed by atoms with van der Waals surface area (Å²) in [7, 11) is 3.22. The number of aromatic nitrogens is 2. The van der Waals surface area contributed by atoms with Crippen LogP contribution in [0.1, 0.15) is 28.8 Å². The number of hydrogen-bond acceptors (Lipinski definition) is 7. The number of nitrogens with one attached hydrogen (secondary N) is 1. The summed E-state index contributed by atoms with van der Waals surface area (Å²) in [5.74, 6) is 2.51. The maximum Gasteiger partial charge on any atom is 0.272 e. The van der Waals surface area contributed by atoms with Crippen molar-refractivity contribution in [1.29, 1.82) is 0 Å². The molecule has 1 aromatic heterocycles. The molecule has 1 amide bonds. The van der Waals surface area contributed by atoms with Crippen molar-refractivity contribution in [3.8, 4) is 11.5 Å². The highest BCUT2D eigenvalue weighted by Gasteiger charge is 2.23. The van der Waals surface area contributed by atoms with Gasteiger partial charge in [-0.25, -0.2) is 9.97 Å². The number of anilines is 1. The molecule has 29 heavy (non-hydrogen) atoms. The second kappa shape index (κ2) is 9.56. The highest BCUT2D eigenvalue weighted by Crippen LogP contribution is 2.27. The summed E-state index contributed by atoms with van der Waals surface area (Å²) in [4.78, 5) is 25.9. The molecule has 3 rings (SSSR count). The predicted octanol–water partition coefficient (Wildman–Crippen LogP) is 2.19. The molecule has 1 aromatic carbocycles. The molecule has 156 valence electrons. The van der Waals surface area contributed by atoms with Gasteiger partial charge in [-0.15, -0.1) is 0 Å². The Morgan fingerprint density at radius 3 is 2.45 bits per heavy atom. The van der Waals surface area contributed by atoms with E-state index in [-0.39, 0.29) is 5.91 Å². The second-order valence-corrected chi connectivity index (χ2v) is 6.95. The third kappa shape index (κ3) is 5.14. The molecule has 0 bridgehead atoms. The van der Waals surface area contributed by atoms with Gasteiger partial charge < -0.3 is 24.6 Å². The number of piperazine rings is 1. The van der Waals surface area contributed by atoms with Crippen molar-refractivity contribution in [1.82, 2.24) is 19.8 Å². The Labute approximate surface area is 171 Å². The Hall–Kier alpha value is -2.87. The fourth-order valence-corrected chi connectivity index (χ4v) is 3.38. The number of hydrogen-bond donors (Lipinski definition) is 1. The summed E-state index contributed by atoms with van der Waals surface area (Å²) in [6.07, 6.45) is 0. The van der Waals surface area contributed by atoms with E-state index < -0.39 is 0 Å². The summed E-state index contributed by atoms with van der Waals surface area (Å²) in [6.45, 7) is 8.75. The fourth-order valence-electron chi connectivity index (χ4n) is 3.38. The van der Waals surface area contributed by atoms with Gasteiger partial charge in [0.15, 0.2) is 11.5 Å². The molecule has 8 nitrogen and oxygen atoms in total. The third-order valence-electron chi connectivity index (χ3n) is 5.09. The molecule has 1 N–H and O–H groups in total. The van der Waals surface area contributed by atoms with Gasteiger partial charge in [-0.05, 0) is 31.2 Å². The standard InChI is InChI=1S/C21H29N5O3/c1-5-25-8-10-26(11-9-25)21(27)17-13-20(24-15(2)23-17)22-14-16-6-7-18(28-3)19(12-16)29-4/h6-7,12-13H,5,8-11,14H2,1-4H3,(H,22,23,24). The van der Waals surface area contributed by atoms with Gasteiger partial charge in [-0.2, -0.15) is 0 Å². The minimum absolute atomic E-state index is 0.0413. The van der Waals surface area contributed by atoms with Crippen LogP contribution in [0, 0.1) is 6.92 Å². The topological polar surface area (TPSA) is 79.8 Å². The Morgan fingerprint density at radius 2 is 1.79 bits per heavy atom. The van der Waals surface area contributed by atoms with Crippen LogP contribution in [0.2, 0.25) is 0 Å². The Bertz CT molecular complexity index is 850. The first kappa shape index (κ1) is 20.9. The monoisotopic (exact) mass is 399 g/mol. The Balaban J connectivity index is 1.68. The number of methoxy groups -OCH3 is 2. The Kier molecular flexibility index (Phi) is 6.87. The molecule has 8 heteroatoms. The lowest BCUT2D eigenvalue weighted by molar-refractivity contribution is 0.0637. The van der Waals surface area contributed by atoms with Gasteiger partial charge in [0.1, 0.15) is 17.3 Å². The van der Waals surface area contributed by atoms with Crippen LogP contribution in [-0.2, 0) is 6.54 Å². The maximum absolute atomic E-state index is 12.9. The first-order chi connectivity index (χ1) is 14.0. The molecule has 0 spiro atoms. The minimum atomic E-state index is -0.0413. The SMILES string of the molecule is CCN1CCN(C(=O)c2cc(NCc3ccc(OC)c(OC)c3)nc(C)n2)CC1. The van der Waals surface area contributed by atoms with Gasteiger partial charge in [0.2, 0.25) is 0 Å². The molecule has 0 atom stereocenters. The van der Waals surface area contributed by atoms with E-state index in [9.17, 15) is 4.79 Å². The number of ether oxygens (including phenoxy) is 2. The minimum Gasteiger partial charge on any atom is -0.493 e. The molecule has 0 radical (unpaired) electrons. The predicted molar refractivity (Wildman–Crippen MR) is 112 cm³/mol. The van der Waals surface area contributed by atoms with Crippen LogP contribution in [0.4, 0.5) is 5.82 Å². The Morgan fingerprint density at radius 1 is 1.07 bits per heavy atom. The van der Waals surface area contributed by atoms with E-state index in [1.54, 1.807) is 27.2 Å². The summed E-state index contributed by atoms with van der Waals surface area (Å²) >= 11 is 0. The molecule has 1 aliphatic rings. The van der Waals surface area contributed by atoms with E-state index in [0.29, 0.717) is 35.4 Å². The van der Waals surface area contributed by atoms with Crippen LogP contribution >= 0.6 is 0 Å². The molecule has 0 unspecified atom stereocenters. The van der Waals surface area contributed by atoms with E-state index in [1.807, 2.05) is 23.1 Å². The molecule has 2 heterocycles. The van der Waals surface area contributed by atoms with Gasteiger partial charge in [0.05, 0.1) is 14.2 Å². The fraction of sp³-hybridized carbons (Fsp3) is 0.476. The normalized spacial score (nSPS) is 14.6. The number of likely N-dealkylation sites (N-methyl/N-ethyl adjacent to an activating group) is 1. The van der Waals surface area contributed by atoms with Crippen LogP contribution in [0.5, 0.6) is 11.5 Å². The molecule has 1 fully saturated rings. The highest BCUT2D eigenvalue weighted by molar-refractivity contribution is 5.93. The van der Waals surface area contributed by atoms with E-state index in [1.165, 1.54) is 0 Å². The van der Waals surface area contributed by atoms with Crippen molar-refractivity contribution in [3.63, 3.8) is 0 Å². The zero-order valence-electron chi connectivity index (χ0n) is 17.6. The number of rotatable bonds is 7. The molecule has 2 aromatic rings. The highest BCUT2D eigenvalue weighted by atomic mass is 16.5. The zero-order chi connectivity index (χ0) is 20.8. The lowest BCUT2D eigenvalue weighted by atomic mass is 10.2. The van der Waals surface area contributed by atoms with Crippen LogP contribution < -0.4 is 14.8 Å². The smallest absolute Gasteiger partial charge is 0.272 e. The van der Waals surface area contributed by atoms with Crippen molar-refractivity contribution in [2.75, 3.05) is 52.3 Å². The summed E-state index contributed by atoms with van der Waals surface area (Å²) in [5.41, 5.74) is 1.44. The van der Waals surface area contributed by atoms with Crippen molar-refractivity contribution >= 4 is 11.7 Å². The molecule has 1 aliphatic heterocycles. The van der Waals surface area contributed by atoms with Crippen LogP contribution in [0.15, 0.2) is 24.3 Å². The van der Waals surface area contributed by atoms with Crippen molar-refractivity contribution in [2.45, 2.75) is 20.4 Å². The lowest BCUT2D eigenvalue weighted by Crippen LogP contribution is -2.48. The van der Waals surface area contributed by atoms with E-state index >= 15 is 0 Å². The summed E-state index contributed by atoms with van der Waals surface area (Å²) in [5, 5.41) is 3.28. The maximum atomic E-state index is 12.9. The molecule has 0 saturated carbocycles. The van der Waals surface area contributed by atoms with Gasteiger partial charge in [0.25, 0.3) is 5.91 Å². The van der Waals surface area contributed by atoms with Crippen LogP contribution in [-0.4, -0.2) is 72.6 Å². The quantitative estimate of drug-likeness (QED) is 0.764. The number of aryl methyl sites for hydroxylation is 1. The van der Waals surface area contributed by atoms with E-state index in [2.05, 4.69) is 27.1 Å². The lowest BCUT2D eigenvalue weighted by Gasteiger charge is -2.33. The first-order valence-corrected chi connectivity index (χ1v) is 9.86. The average molecular weight is 399 g/mol. The third-order valence-corrected chi connectivity index (χ3v) is 5.09. The second-order valence-electron chi connectivity index (χ2n) is 6.95. The van der Waals surface area contributed by atoms with Gasteiger partial charge in [0, 0.05) is 38.8 Å². The number of benzene rings is 1. The number of nitrogens with zero attached hydrogens (tertiary/aromatic N) is 4. The molecular weight excluding hydrogens is 370 g/mol. The van der Waals surface area contributed by atoms with Crippen molar-refractivity contribution < 1.29 is 14.3 Å². The molecule has 1 saturated heterocycles. The molecular formula is C21H29N5O3. The zero-order valence-corrected chi connectivity index (χ0v) is 17.6. The van der Waals surface area contributed by atoms with Crippen molar-refractivity contribution in [3.05, 3.63) is 41.3 Å². The van der Waals surface area contributed by atoms with E-state index in [4.69, 9.17) is 9.47 Å². The number of carbonyl (C=O) groups excluding carboxylic acids is 1. The van der Waals surface area contributed by atoms with Crippen LogP contribution in [0.3, 0.4) is 0 Å². The van der Waals surface area contributed by atoms with Crippen molar-refractivity contribution in [2.24, 2.45) is 0 Å². The summed E-state index contributed by atoms with van der Waals surface area (Å²) < 4.78 is 10.6. The first-order valence-electron chi connectivity index (χ1n) is 9.86. The average Bonchev–Trinajstić information content (AvgIpc) is 2.76. The molecule has 0 aliphatic carbocycles. The van der Waals surface area contributed by atoms with Gasteiger partial charge in [-0.1, -0.05) is 13.0 Å². The van der Waals surface area contributed by atoms with Gasteiger partial charge in [-0.3, -0.25) is 4.79 Å². The van der Waals surface area contributed by atoms with Gasteiger partial charge >= 0.3 is 0 Å². The number of amides is 1.